The third-order valence-electron chi connectivity index (χ3n) is 4.34. The molecule has 2 rings (SSSR count). The van der Waals surface area contributed by atoms with E-state index < -0.39 is 29.7 Å². The van der Waals surface area contributed by atoms with Crippen molar-refractivity contribution in [3.05, 3.63) is 11.5 Å². The van der Waals surface area contributed by atoms with Crippen molar-refractivity contribution in [3.8, 4) is 0 Å². The van der Waals surface area contributed by atoms with E-state index in [1.54, 1.807) is 0 Å². The molecule has 0 aromatic heterocycles. The van der Waals surface area contributed by atoms with Gasteiger partial charge < -0.3 is 24.4 Å². The molecule has 2 N–H and O–H groups in total. The zero-order chi connectivity index (χ0) is 16.7. The summed E-state index contributed by atoms with van der Waals surface area (Å²) in [5.41, 5.74) is 0. The smallest absolute Gasteiger partial charge is 0.377 e. The van der Waals surface area contributed by atoms with Crippen LogP contribution in [0.25, 0.3) is 0 Å². The minimum Gasteiger partial charge on any atom is -0.505 e. The predicted octanol–water partition coefficient (Wildman–Crippen LogP) is 3.51. The van der Waals surface area contributed by atoms with Crippen LogP contribution in [0, 0.1) is 0 Å². The highest BCUT2D eigenvalue weighted by Crippen LogP contribution is 2.28. The summed E-state index contributed by atoms with van der Waals surface area (Å²) in [6.07, 6.45) is 8.91. The second kappa shape index (κ2) is 9.13. The van der Waals surface area contributed by atoms with Gasteiger partial charge in [0.25, 0.3) is 0 Å². The first-order valence-electron chi connectivity index (χ1n) is 8.73. The summed E-state index contributed by atoms with van der Waals surface area (Å²) in [5, 5.41) is 19.0. The molecule has 2 heterocycles. The van der Waals surface area contributed by atoms with Gasteiger partial charge in [0.05, 0.1) is 6.61 Å². The summed E-state index contributed by atoms with van der Waals surface area (Å²) in [7, 11) is 0. The molecule has 0 aliphatic carbocycles. The molecule has 0 spiro atoms. The summed E-state index contributed by atoms with van der Waals surface area (Å²) < 4.78 is 16.1. The van der Waals surface area contributed by atoms with Gasteiger partial charge in [0.2, 0.25) is 5.76 Å². The number of cyclic esters (lactones) is 1. The van der Waals surface area contributed by atoms with Gasteiger partial charge >= 0.3 is 5.97 Å². The van der Waals surface area contributed by atoms with E-state index in [9.17, 15) is 15.0 Å². The Morgan fingerprint density at radius 3 is 2.30 bits per heavy atom. The second-order valence-corrected chi connectivity index (χ2v) is 6.26. The van der Waals surface area contributed by atoms with E-state index in [1.165, 1.54) is 38.5 Å². The zero-order valence-electron chi connectivity index (χ0n) is 13.8. The third-order valence-corrected chi connectivity index (χ3v) is 4.34. The monoisotopic (exact) mass is 328 g/mol. The van der Waals surface area contributed by atoms with Gasteiger partial charge in [-0.15, -0.1) is 0 Å². The van der Waals surface area contributed by atoms with Crippen molar-refractivity contribution < 1.29 is 29.2 Å². The van der Waals surface area contributed by atoms with Gasteiger partial charge in [0, 0.05) is 0 Å². The van der Waals surface area contributed by atoms with E-state index in [2.05, 4.69) is 6.92 Å². The molecule has 3 atom stereocenters. The quantitative estimate of drug-likeness (QED) is 0.471. The normalized spacial score (nSPS) is 27.7. The first-order valence-corrected chi connectivity index (χ1v) is 8.73. The van der Waals surface area contributed by atoms with Crippen molar-refractivity contribution in [2.24, 2.45) is 0 Å². The number of rotatable bonds is 10. The number of hydrogen-bond acceptors (Lipinski definition) is 6. The molecule has 2 aliphatic rings. The van der Waals surface area contributed by atoms with Crippen molar-refractivity contribution in [1.82, 2.24) is 0 Å². The van der Waals surface area contributed by atoms with Crippen LogP contribution < -0.4 is 0 Å². The van der Waals surface area contributed by atoms with Crippen LogP contribution in [0.3, 0.4) is 0 Å². The summed E-state index contributed by atoms with van der Waals surface area (Å²) in [6.45, 7) is 2.47. The van der Waals surface area contributed by atoms with E-state index >= 15 is 0 Å². The second-order valence-electron chi connectivity index (χ2n) is 6.26. The number of hydrogen-bond donors (Lipinski definition) is 2. The van der Waals surface area contributed by atoms with E-state index in [4.69, 9.17) is 14.2 Å². The molecule has 6 heteroatoms. The number of ether oxygens (including phenoxy) is 3. The lowest BCUT2D eigenvalue weighted by molar-refractivity contribution is -0.149. The summed E-state index contributed by atoms with van der Waals surface area (Å²) in [6, 6.07) is 0. The highest BCUT2D eigenvalue weighted by molar-refractivity contribution is 5.89. The first kappa shape index (κ1) is 18.1. The molecule has 0 aromatic carbocycles. The third kappa shape index (κ3) is 5.11. The number of esters is 1. The van der Waals surface area contributed by atoms with E-state index in [-0.39, 0.29) is 12.9 Å². The Morgan fingerprint density at radius 1 is 1.04 bits per heavy atom. The molecule has 0 bridgehead atoms. The molecule has 132 valence electrons. The number of carbonyl (C=O) groups is 1. The van der Waals surface area contributed by atoms with Gasteiger partial charge in [-0.05, 0) is 12.8 Å². The van der Waals surface area contributed by atoms with Crippen LogP contribution in [0.5, 0.6) is 0 Å². The lowest BCUT2D eigenvalue weighted by atomic mass is 10.1. The Hall–Kier alpha value is -1.27. The maximum atomic E-state index is 11.2. The standard InChI is InChI=1S/C17H28O6/c1-2-3-4-5-6-7-8-9-10-13-21-11-12(22-13)16-14(18)15(19)17(20)23-16/h12-13,16,18-19H,2-11H2,1H3/t12-,13?,16+/m0/s1. The maximum absolute atomic E-state index is 11.2. The Kier molecular flexibility index (Phi) is 7.17. The van der Waals surface area contributed by atoms with Crippen LogP contribution in [0.4, 0.5) is 0 Å². The van der Waals surface area contributed by atoms with Crippen LogP contribution in [0.15, 0.2) is 11.5 Å². The molecule has 23 heavy (non-hydrogen) atoms. The zero-order valence-corrected chi connectivity index (χ0v) is 13.8. The Morgan fingerprint density at radius 2 is 1.70 bits per heavy atom. The topological polar surface area (TPSA) is 85.2 Å². The van der Waals surface area contributed by atoms with E-state index in [0.29, 0.717) is 0 Å². The van der Waals surface area contributed by atoms with E-state index in [1.807, 2.05) is 0 Å². The van der Waals surface area contributed by atoms with Crippen molar-refractivity contribution in [2.45, 2.75) is 83.2 Å². The van der Waals surface area contributed by atoms with Gasteiger partial charge in [0.1, 0.15) is 6.10 Å². The summed E-state index contributed by atoms with van der Waals surface area (Å²) in [4.78, 5) is 11.2. The maximum Gasteiger partial charge on any atom is 0.377 e. The molecule has 0 radical (unpaired) electrons. The molecule has 1 fully saturated rings. The average molecular weight is 328 g/mol. The minimum absolute atomic E-state index is 0.247. The number of carbonyl (C=O) groups excluding carboxylic acids is 1. The summed E-state index contributed by atoms with van der Waals surface area (Å²) >= 11 is 0. The summed E-state index contributed by atoms with van der Waals surface area (Å²) in [5.74, 6) is -2.11. The number of unbranched alkanes of at least 4 members (excludes halogenated alkanes) is 7. The van der Waals surface area contributed by atoms with Gasteiger partial charge in [-0.2, -0.15) is 0 Å². The first-order chi connectivity index (χ1) is 11.1. The van der Waals surface area contributed by atoms with Crippen LogP contribution in [-0.4, -0.2) is 41.3 Å². The SMILES string of the molecule is CCCCCCCCCCC1OC[C@@H]([C@H]2OC(=O)C(O)=C2O)O1. The number of aliphatic hydroxyl groups is 2. The van der Waals surface area contributed by atoms with Gasteiger partial charge in [-0.25, -0.2) is 4.79 Å². The molecule has 0 aromatic rings. The molecule has 1 saturated heterocycles. The fraction of sp³-hybridized carbons (Fsp3) is 0.824. The van der Waals surface area contributed by atoms with Crippen molar-refractivity contribution >= 4 is 5.97 Å². The highest BCUT2D eigenvalue weighted by Gasteiger charge is 2.44. The number of aliphatic hydroxyl groups excluding tert-OH is 2. The highest BCUT2D eigenvalue weighted by atomic mass is 16.7. The van der Waals surface area contributed by atoms with Crippen molar-refractivity contribution in [2.75, 3.05) is 6.61 Å². The lowest BCUT2D eigenvalue weighted by Gasteiger charge is -2.16. The van der Waals surface area contributed by atoms with Crippen molar-refractivity contribution in [3.63, 3.8) is 0 Å². The van der Waals surface area contributed by atoms with Crippen LogP contribution in [0.2, 0.25) is 0 Å². The fourth-order valence-corrected chi connectivity index (χ4v) is 2.95. The van der Waals surface area contributed by atoms with Gasteiger partial charge in [-0.1, -0.05) is 51.9 Å². The molecule has 0 amide bonds. The van der Waals surface area contributed by atoms with E-state index in [0.717, 1.165) is 19.3 Å². The Labute approximate surface area is 137 Å². The molecule has 6 nitrogen and oxygen atoms in total. The van der Waals surface area contributed by atoms with Gasteiger partial charge in [0.15, 0.2) is 18.2 Å². The Balaban J connectivity index is 1.57. The predicted molar refractivity (Wildman–Crippen MR) is 84.0 cm³/mol. The largest absolute Gasteiger partial charge is 0.505 e. The van der Waals surface area contributed by atoms with Crippen LogP contribution in [-0.2, 0) is 19.0 Å². The van der Waals surface area contributed by atoms with Crippen LogP contribution in [0.1, 0.15) is 64.7 Å². The van der Waals surface area contributed by atoms with Crippen LogP contribution >= 0.6 is 0 Å². The van der Waals surface area contributed by atoms with Crippen molar-refractivity contribution in [1.29, 1.82) is 0 Å². The fourth-order valence-electron chi connectivity index (χ4n) is 2.95. The molecular weight excluding hydrogens is 300 g/mol. The lowest BCUT2D eigenvalue weighted by Crippen LogP contribution is -2.31. The minimum atomic E-state index is -0.953. The molecular formula is C17H28O6. The Bertz CT molecular complexity index is 419. The molecule has 2 aliphatic heterocycles. The molecule has 0 saturated carbocycles. The molecule has 1 unspecified atom stereocenters. The van der Waals surface area contributed by atoms with Gasteiger partial charge in [-0.3, -0.25) is 0 Å². The average Bonchev–Trinajstić information content (AvgIpc) is 3.10.